The average molecular weight is 249 g/mol. The van der Waals surface area contributed by atoms with E-state index in [0.29, 0.717) is 11.3 Å². The summed E-state index contributed by atoms with van der Waals surface area (Å²) < 4.78 is 0. The maximum absolute atomic E-state index is 11.9. The van der Waals surface area contributed by atoms with Crippen molar-refractivity contribution in [3.63, 3.8) is 0 Å². The number of anilines is 1. The molecular formula is C14H19NO3. The van der Waals surface area contributed by atoms with Crippen molar-refractivity contribution < 1.29 is 14.7 Å². The molecule has 2 N–H and O–H groups in total. The summed E-state index contributed by atoms with van der Waals surface area (Å²) in [6, 6.07) is 4.79. The summed E-state index contributed by atoms with van der Waals surface area (Å²) in [5.41, 5.74) is 1.53. The number of aromatic carboxylic acids is 1. The van der Waals surface area contributed by atoms with Gasteiger partial charge in [0, 0.05) is 11.6 Å². The second kappa shape index (κ2) is 5.67. The van der Waals surface area contributed by atoms with Crippen LogP contribution in [0.2, 0.25) is 0 Å². The SMILES string of the molecule is Cc1cc(NC(=O)C(C)C(C)C)ccc1C(=O)O. The van der Waals surface area contributed by atoms with E-state index >= 15 is 0 Å². The molecule has 0 aliphatic heterocycles. The fourth-order valence-electron chi connectivity index (χ4n) is 1.54. The molecule has 0 spiro atoms. The molecule has 1 unspecified atom stereocenters. The standard InChI is InChI=1S/C14H19NO3/c1-8(2)10(4)13(16)15-11-5-6-12(14(17)18)9(3)7-11/h5-8,10H,1-4H3,(H,15,16)(H,17,18). The Bertz CT molecular complexity index is 466. The predicted molar refractivity (Wildman–Crippen MR) is 70.8 cm³/mol. The van der Waals surface area contributed by atoms with Crippen LogP contribution >= 0.6 is 0 Å². The molecule has 0 aliphatic carbocycles. The number of carbonyl (C=O) groups excluding carboxylic acids is 1. The lowest BCUT2D eigenvalue weighted by molar-refractivity contribution is -0.120. The molecule has 0 aromatic heterocycles. The summed E-state index contributed by atoms with van der Waals surface area (Å²) in [5.74, 6) is -0.817. The van der Waals surface area contributed by atoms with Crippen LogP contribution in [0.5, 0.6) is 0 Å². The van der Waals surface area contributed by atoms with E-state index < -0.39 is 5.97 Å². The molecule has 1 amide bonds. The van der Waals surface area contributed by atoms with Gasteiger partial charge in [0.1, 0.15) is 0 Å². The lowest BCUT2D eigenvalue weighted by atomic mass is 9.97. The van der Waals surface area contributed by atoms with Crippen molar-refractivity contribution in [2.24, 2.45) is 11.8 Å². The van der Waals surface area contributed by atoms with Gasteiger partial charge in [-0.15, -0.1) is 0 Å². The summed E-state index contributed by atoms with van der Waals surface area (Å²) in [6.45, 7) is 7.56. The molecule has 0 saturated heterocycles. The molecule has 1 aromatic rings. The van der Waals surface area contributed by atoms with Crippen molar-refractivity contribution in [2.75, 3.05) is 5.32 Å². The van der Waals surface area contributed by atoms with Gasteiger partial charge in [0.2, 0.25) is 5.91 Å². The summed E-state index contributed by atoms with van der Waals surface area (Å²) in [4.78, 5) is 22.7. The number of carbonyl (C=O) groups is 2. The van der Waals surface area contributed by atoms with Gasteiger partial charge in [-0.1, -0.05) is 20.8 Å². The maximum Gasteiger partial charge on any atom is 0.335 e. The van der Waals surface area contributed by atoms with Crippen LogP contribution in [0.3, 0.4) is 0 Å². The molecular weight excluding hydrogens is 230 g/mol. The Morgan fingerprint density at radius 3 is 2.28 bits per heavy atom. The van der Waals surface area contributed by atoms with Crippen molar-refractivity contribution >= 4 is 17.6 Å². The van der Waals surface area contributed by atoms with Crippen molar-refractivity contribution in [1.82, 2.24) is 0 Å². The zero-order valence-electron chi connectivity index (χ0n) is 11.2. The van der Waals surface area contributed by atoms with Gasteiger partial charge >= 0.3 is 5.97 Å². The summed E-state index contributed by atoms with van der Waals surface area (Å²) >= 11 is 0. The first-order chi connectivity index (χ1) is 8.32. The minimum Gasteiger partial charge on any atom is -0.478 e. The number of carboxylic acid groups (broad SMARTS) is 1. The Morgan fingerprint density at radius 2 is 1.83 bits per heavy atom. The third-order valence-electron chi connectivity index (χ3n) is 3.14. The Hall–Kier alpha value is -1.84. The molecule has 4 heteroatoms. The van der Waals surface area contributed by atoms with Gasteiger partial charge in [-0.05, 0) is 36.6 Å². The quantitative estimate of drug-likeness (QED) is 0.862. The Balaban J connectivity index is 2.84. The van der Waals surface area contributed by atoms with E-state index in [0.717, 1.165) is 0 Å². The van der Waals surface area contributed by atoms with Crippen LogP contribution in [-0.2, 0) is 4.79 Å². The minimum absolute atomic E-state index is 0.0486. The van der Waals surface area contributed by atoms with E-state index in [9.17, 15) is 9.59 Å². The fraction of sp³-hybridized carbons (Fsp3) is 0.429. The molecule has 0 bridgehead atoms. The first kappa shape index (κ1) is 14.2. The molecule has 18 heavy (non-hydrogen) atoms. The fourth-order valence-corrected chi connectivity index (χ4v) is 1.54. The van der Waals surface area contributed by atoms with Crippen LogP contribution in [0.1, 0.15) is 36.7 Å². The molecule has 0 heterocycles. The lowest BCUT2D eigenvalue weighted by Crippen LogP contribution is -2.24. The zero-order valence-corrected chi connectivity index (χ0v) is 11.2. The zero-order chi connectivity index (χ0) is 13.9. The van der Waals surface area contributed by atoms with Crippen molar-refractivity contribution in [2.45, 2.75) is 27.7 Å². The number of aryl methyl sites for hydroxylation is 1. The molecule has 98 valence electrons. The first-order valence-corrected chi connectivity index (χ1v) is 5.97. The topological polar surface area (TPSA) is 66.4 Å². The molecule has 1 atom stereocenters. The van der Waals surface area contributed by atoms with E-state index in [1.165, 1.54) is 6.07 Å². The highest BCUT2D eigenvalue weighted by Gasteiger charge is 2.17. The first-order valence-electron chi connectivity index (χ1n) is 5.97. The minimum atomic E-state index is -0.957. The van der Waals surface area contributed by atoms with Crippen LogP contribution < -0.4 is 5.32 Å². The van der Waals surface area contributed by atoms with Gasteiger partial charge in [-0.2, -0.15) is 0 Å². The molecule has 0 aliphatic rings. The summed E-state index contributed by atoms with van der Waals surface area (Å²) in [5, 5.41) is 11.7. The predicted octanol–water partition coefficient (Wildman–Crippen LogP) is 2.92. The molecule has 0 saturated carbocycles. The largest absolute Gasteiger partial charge is 0.478 e. The smallest absolute Gasteiger partial charge is 0.335 e. The summed E-state index contributed by atoms with van der Waals surface area (Å²) in [6.07, 6.45) is 0. The highest BCUT2D eigenvalue weighted by Crippen LogP contribution is 2.18. The Morgan fingerprint density at radius 1 is 1.22 bits per heavy atom. The van der Waals surface area contributed by atoms with Crippen molar-refractivity contribution in [3.05, 3.63) is 29.3 Å². The molecule has 1 aromatic carbocycles. The van der Waals surface area contributed by atoms with Crippen LogP contribution in [0.4, 0.5) is 5.69 Å². The van der Waals surface area contributed by atoms with Gasteiger partial charge in [0.15, 0.2) is 0 Å². The normalized spacial score (nSPS) is 12.3. The number of hydrogen-bond donors (Lipinski definition) is 2. The third-order valence-corrected chi connectivity index (χ3v) is 3.14. The van der Waals surface area contributed by atoms with Gasteiger partial charge in [-0.25, -0.2) is 4.79 Å². The van der Waals surface area contributed by atoms with Crippen LogP contribution in [0, 0.1) is 18.8 Å². The molecule has 4 nitrogen and oxygen atoms in total. The van der Waals surface area contributed by atoms with Crippen LogP contribution in [0.15, 0.2) is 18.2 Å². The van der Waals surface area contributed by atoms with Gasteiger partial charge in [0.05, 0.1) is 5.56 Å². The van der Waals surface area contributed by atoms with Crippen molar-refractivity contribution in [3.8, 4) is 0 Å². The highest BCUT2D eigenvalue weighted by molar-refractivity contribution is 5.94. The number of nitrogens with one attached hydrogen (secondary N) is 1. The Kier molecular flexibility index (Phi) is 4.48. The van der Waals surface area contributed by atoms with Gasteiger partial charge in [-0.3, -0.25) is 4.79 Å². The van der Waals surface area contributed by atoms with E-state index in [1.54, 1.807) is 19.1 Å². The van der Waals surface area contributed by atoms with Crippen LogP contribution in [-0.4, -0.2) is 17.0 Å². The number of carboxylic acids is 1. The number of benzene rings is 1. The van der Waals surface area contributed by atoms with E-state index in [1.807, 2.05) is 20.8 Å². The van der Waals surface area contributed by atoms with Crippen LogP contribution in [0.25, 0.3) is 0 Å². The number of rotatable bonds is 4. The highest BCUT2D eigenvalue weighted by atomic mass is 16.4. The van der Waals surface area contributed by atoms with Crippen molar-refractivity contribution in [1.29, 1.82) is 0 Å². The Labute approximate surface area is 107 Å². The second-order valence-corrected chi connectivity index (χ2v) is 4.86. The number of amides is 1. The van der Waals surface area contributed by atoms with E-state index in [-0.39, 0.29) is 23.3 Å². The molecule has 1 rings (SSSR count). The summed E-state index contributed by atoms with van der Waals surface area (Å²) in [7, 11) is 0. The van der Waals surface area contributed by atoms with Gasteiger partial charge < -0.3 is 10.4 Å². The monoisotopic (exact) mass is 249 g/mol. The average Bonchev–Trinajstić information content (AvgIpc) is 2.27. The molecule has 0 fully saturated rings. The number of hydrogen-bond acceptors (Lipinski definition) is 2. The third kappa shape index (κ3) is 3.32. The molecule has 0 radical (unpaired) electrons. The van der Waals surface area contributed by atoms with E-state index in [2.05, 4.69) is 5.32 Å². The maximum atomic E-state index is 11.9. The van der Waals surface area contributed by atoms with Gasteiger partial charge in [0.25, 0.3) is 0 Å². The van der Waals surface area contributed by atoms with E-state index in [4.69, 9.17) is 5.11 Å². The lowest BCUT2D eigenvalue weighted by Gasteiger charge is -2.15. The second-order valence-electron chi connectivity index (χ2n) is 4.86.